The van der Waals surface area contributed by atoms with E-state index in [0.29, 0.717) is 6.42 Å². The van der Waals surface area contributed by atoms with E-state index in [9.17, 15) is 9.90 Å². The minimum atomic E-state index is -0.733. The van der Waals surface area contributed by atoms with Crippen molar-refractivity contribution in [3.63, 3.8) is 0 Å². The van der Waals surface area contributed by atoms with Crippen molar-refractivity contribution in [3.05, 3.63) is 0 Å². The molecule has 76 valence electrons. The Morgan fingerprint density at radius 2 is 1.92 bits per heavy atom. The Morgan fingerprint density at radius 1 is 1.31 bits per heavy atom. The highest BCUT2D eigenvalue weighted by atomic mass is 16.3. The Hall–Kier alpha value is -0.410. The van der Waals surface area contributed by atoms with Gasteiger partial charge in [0.15, 0.2) is 0 Å². The van der Waals surface area contributed by atoms with Gasteiger partial charge in [0, 0.05) is 5.41 Å². The molecule has 0 heterocycles. The molecule has 1 unspecified atom stereocenters. The highest BCUT2D eigenvalue weighted by Gasteiger charge is 2.33. The lowest BCUT2D eigenvalue weighted by atomic mass is 9.72. The van der Waals surface area contributed by atoms with E-state index in [2.05, 4.69) is 0 Å². The van der Waals surface area contributed by atoms with Crippen LogP contribution in [0.25, 0.3) is 0 Å². The molecule has 0 aliphatic heterocycles. The molecule has 1 saturated carbocycles. The Labute approximate surface area is 78.8 Å². The van der Waals surface area contributed by atoms with Crippen LogP contribution in [0.2, 0.25) is 0 Å². The fourth-order valence-corrected chi connectivity index (χ4v) is 2.16. The number of aldehydes is 1. The van der Waals surface area contributed by atoms with Gasteiger partial charge >= 0.3 is 0 Å². The normalized spacial score (nSPS) is 23.8. The van der Waals surface area contributed by atoms with Crippen molar-refractivity contribution in [1.29, 1.82) is 0 Å². The molecule has 3 heteroatoms. The zero-order valence-corrected chi connectivity index (χ0v) is 7.91. The molecular weight excluding hydrogens is 168 g/mol. The molecule has 0 amide bonds. The fraction of sp³-hybridized carbons (Fsp3) is 0.900. The third-order valence-electron chi connectivity index (χ3n) is 2.95. The Balaban J connectivity index is 2.52. The molecule has 0 saturated heterocycles. The molecular formula is C10H18O3. The molecule has 1 aliphatic rings. The first-order valence-corrected chi connectivity index (χ1v) is 4.98. The maximum absolute atomic E-state index is 10.9. The molecule has 3 nitrogen and oxygen atoms in total. The van der Waals surface area contributed by atoms with Crippen LogP contribution in [0.3, 0.4) is 0 Å². The summed E-state index contributed by atoms with van der Waals surface area (Å²) in [6, 6.07) is 0. The SMILES string of the molecule is O=CC1(CC(O)CO)CCCCC1. The first-order chi connectivity index (χ1) is 6.22. The molecule has 1 fully saturated rings. The van der Waals surface area contributed by atoms with E-state index >= 15 is 0 Å². The van der Waals surface area contributed by atoms with Gasteiger partial charge in [-0.3, -0.25) is 0 Å². The van der Waals surface area contributed by atoms with Crippen molar-refractivity contribution in [2.45, 2.75) is 44.6 Å². The zero-order valence-electron chi connectivity index (χ0n) is 7.91. The summed E-state index contributed by atoms with van der Waals surface area (Å²) in [5.74, 6) is 0. The molecule has 1 atom stereocenters. The second-order valence-electron chi connectivity index (χ2n) is 4.08. The summed E-state index contributed by atoms with van der Waals surface area (Å²) in [6.45, 7) is -0.240. The van der Waals surface area contributed by atoms with Gasteiger partial charge in [0.25, 0.3) is 0 Å². The van der Waals surface area contributed by atoms with E-state index in [4.69, 9.17) is 5.11 Å². The minimum absolute atomic E-state index is 0.240. The van der Waals surface area contributed by atoms with E-state index < -0.39 is 6.10 Å². The average molecular weight is 186 g/mol. The Morgan fingerprint density at radius 3 is 2.38 bits per heavy atom. The van der Waals surface area contributed by atoms with Gasteiger partial charge in [-0.2, -0.15) is 0 Å². The summed E-state index contributed by atoms with van der Waals surface area (Å²) in [5.41, 5.74) is -0.347. The smallest absolute Gasteiger partial charge is 0.126 e. The zero-order chi connectivity index (χ0) is 9.73. The first-order valence-electron chi connectivity index (χ1n) is 4.98. The standard InChI is InChI=1S/C10H18O3/c11-7-9(13)6-10(8-12)4-2-1-3-5-10/h8-9,11,13H,1-7H2. The van der Waals surface area contributed by atoms with Gasteiger partial charge in [0.1, 0.15) is 6.29 Å². The third-order valence-corrected chi connectivity index (χ3v) is 2.95. The largest absolute Gasteiger partial charge is 0.394 e. The van der Waals surface area contributed by atoms with Gasteiger partial charge in [0.2, 0.25) is 0 Å². The minimum Gasteiger partial charge on any atom is -0.394 e. The highest BCUT2D eigenvalue weighted by molar-refractivity contribution is 5.59. The molecule has 13 heavy (non-hydrogen) atoms. The van der Waals surface area contributed by atoms with Crippen LogP contribution in [0.4, 0.5) is 0 Å². The number of aliphatic hydroxyl groups is 2. The maximum Gasteiger partial charge on any atom is 0.126 e. The lowest BCUT2D eigenvalue weighted by molar-refractivity contribution is -0.120. The summed E-state index contributed by atoms with van der Waals surface area (Å²) in [7, 11) is 0. The number of hydrogen-bond donors (Lipinski definition) is 2. The van der Waals surface area contributed by atoms with Crippen LogP contribution in [-0.2, 0) is 4.79 Å². The van der Waals surface area contributed by atoms with Crippen molar-refractivity contribution >= 4 is 6.29 Å². The first kappa shape index (κ1) is 10.7. The third kappa shape index (κ3) is 2.78. The summed E-state index contributed by atoms with van der Waals surface area (Å²) in [5, 5.41) is 18.0. The van der Waals surface area contributed by atoms with Crippen molar-refractivity contribution < 1.29 is 15.0 Å². The van der Waals surface area contributed by atoms with Crippen LogP contribution in [0.1, 0.15) is 38.5 Å². The van der Waals surface area contributed by atoms with Crippen LogP contribution >= 0.6 is 0 Å². The molecule has 1 rings (SSSR count). The highest BCUT2D eigenvalue weighted by Crippen LogP contribution is 2.38. The van der Waals surface area contributed by atoms with Gasteiger partial charge in [0.05, 0.1) is 12.7 Å². The van der Waals surface area contributed by atoms with Crippen molar-refractivity contribution in [2.75, 3.05) is 6.61 Å². The Bertz CT molecular complexity index is 162. The molecule has 0 radical (unpaired) electrons. The second-order valence-corrected chi connectivity index (χ2v) is 4.08. The van der Waals surface area contributed by atoms with Crippen LogP contribution in [0.5, 0.6) is 0 Å². The van der Waals surface area contributed by atoms with E-state index in [1.165, 1.54) is 6.42 Å². The topological polar surface area (TPSA) is 57.5 Å². The molecule has 0 spiro atoms. The predicted molar refractivity (Wildman–Crippen MR) is 49.3 cm³/mol. The Kier molecular flexibility index (Phi) is 3.88. The molecule has 1 aliphatic carbocycles. The van der Waals surface area contributed by atoms with Gasteiger partial charge in [-0.1, -0.05) is 19.3 Å². The van der Waals surface area contributed by atoms with Crippen LogP contribution < -0.4 is 0 Å². The molecule has 0 aromatic carbocycles. The number of carbonyl (C=O) groups excluding carboxylic acids is 1. The van der Waals surface area contributed by atoms with E-state index in [1.807, 2.05) is 0 Å². The predicted octanol–water partition coefficient (Wildman–Crippen LogP) is 0.879. The number of rotatable bonds is 4. The number of aliphatic hydroxyl groups excluding tert-OH is 2. The van der Waals surface area contributed by atoms with Crippen molar-refractivity contribution in [3.8, 4) is 0 Å². The van der Waals surface area contributed by atoms with Crippen LogP contribution in [0.15, 0.2) is 0 Å². The van der Waals surface area contributed by atoms with Gasteiger partial charge in [-0.15, -0.1) is 0 Å². The van der Waals surface area contributed by atoms with Gasteiger partial charge in [-0.05, 0) is 19.3 Å². The summed E-state index contributed by atoms with van der Waals surface area (Å²) >= 11 is 0. The van der Waals surface area contributed by atoms with Crippen LogP contribution in [0, 0.1) is 5.41 Å². The van der Waals surface area contributed by atoms with Gasteiger partial charge in [-0.25, -0.2) is 0 Å². The quantitative estimate of drug-likeness (QED) is 0.641. The lowest BCUT2D eigenvalue weighted by Gasteiger charge is -2.33. The average Bonchev–Trinajstić information content (AvgIpc) is 2.19. The van der Waals surface area contributed by atoms with Crippen molar-refractivity contribution in [2.24, 2.45) is 5.41 Å². The van der Waals surface area contributed by atoms with Crippen LogP contribution in [-0.4, -0.2) is 29.2 Å². The maximum atomic E-state index is 10.9. The monoisotopic (exact) mass is 186 g/mol. The van der Waals surface area contributed by atoms with Gasteiger partial charge < -0.3 is 15.0 Å². The second kappa shape index (κ2) is 4.72. The van der Waals surface area contributed by atoms with E-state index in [-0.39, 0.29) is 12.0 Å². The number of carbonyl (C=O) groups is 1. The number of hydrogen-bond acceptors (Lipinski definition) is 3. The molecule has 2 N–H and O–H groups in total. The molecule has 0 aromatic rings. The lowest BCUT2D eigenvalue weighted by Crippen LogP contribution is -2.32. The summed E-state index contributed by atoms with van der Waals surface area (Å²) < 4.78 is 0. The fourth-order valence-electron chi connectivity index (χ4n) is 2.16. The summed E-state index contributed by atoms with van der Waals surface area (Å²) in [4.78, 5) is 10.9. The molecule has 0 aromatic heterocycles. The van der Waals surface area contributed by atoms with Crippen molar-refractivity contribution in [1.82, 2.24) is 0 Å². The summed E-state index contributed by atoms with van der Waals surface area (Å²) in [6.07, 6.45) is 5.72. The van der Waals surface area contributed by atoms with E-state index in [0.717, 1.165) is 32.0 Å². The van der Waals surface area contributed by atoms with E-state index in [1.54, 1.807) is 0 Å². The molecule has 0 bridgehead atoms.